The molecule has 160 valence electrons. The first kappa shape index (κ1) is 21.4. The molecule has 0 atom stereocenters. The van der Waals surface area contributed by atoms with Crippen molar-refractivity contribution in [3.05, 3.63) is 29.8 Å². The third kappa shape index (κ3) is 7.93. The van der Waals surface area contributed by atoms with Gasteiger partial charge >= 0.3 is 0 Å². The Kier molecular flexibility index (Phi) is 8.16. The van der Waals surface area contributed by atoms with Gasteiger partial charge in [-0.1, -0.05) is 12.1 Å². The van der Waals surface area contributed by atoms with Gasteiger partial charge < -0.3 is 25.8 Å². The minimum absolute atomic E-state index is 0.0538. The summed E-state index contributed by atoms with van der Waals surface area (Å²) in [4.78, 5) is 16.4. The van der Waals surface area contributed by atoms with Crippen LogP contribution < -0.4 is 20.7 Å². The summed E-state index contributed by atoms with van der Waals surface area (Å²) in [7, 11) is 0. The Hall–Kier alpha value is -2.28. The number of aliphatic hydroxyl groups is 1. The lowest BCUT2D eigenvalue weighted by atomic mass is 9.93. The number of hydrogen-bond acceptors (Lipinski definition) is 4. The van der Waals surface area contributed by atoms with Gasteiger partial charge in [0.1, 0.15) is 5.75 Å². The van der Waals surface area contributed by atoms with E-state index in [0.717, 1.165) is 57.5 Å². The van der Waals surface area contributed by atoms with Gasteiger partial charge in [0.05, 0.1) is 6.10 Å². The Bertz CT molecular complexity index is 665. The lowest BCUT2D eigenvalue weighted by Crippen LogP contribution is -2.45. The van der Waals surface area contributed by atoms with Crippen LogP contribution in [0.4, 0.5) is 0 Å². The van der Waals surface area contributed by atoms with Crippen LogP contribution in [0.25, 0.3) is 0 Å². The summed E-state index contributed by atoms with van der Waals surface area (Å²) in [6.45, 7) is 3.64. The normalized spacial score (nSPS) is 22.1. The molecule has 1 aromatic rings. The zero-order valence-corrected chi connectivity index (χ0v) is 17.3. The topological polar surface area (TPSA) is 95.0 Å². The van der Waals surface area contributed by atoms with Crippen molar-refractivity contribution < 1.29 is 14.6 Å². The van der Waals surface area contributed by atoms with E-state index in [1.807, 2.05) is 24.3 Å². The number of rotatable bonds is 9. The van der Waals surface area contributed by atoms with Crippen molar-refractivity contribution in [2.75, 3.05) is 19.7 Å². The van der Waals surface area contributed by atoms with Gasteiger partial charge in [-0.05, 0) is 69.6 Å². The van der Waals surface area contributed by atoms with Gasteiger partial charge in [-0.3, -0.25) is 9.79 Å². The molecule has 0 spiro atoms. The van der Waals surface area contributed by atoms with E-state index in [9.17, 15) is 9.90 Å². The van der Waals surface area contributed by atoms with Crippen molar-refractivity contribution in [2.24, 2.45) is 4.99 Å². The van der Waals surface area contributed by atoms with E-state index in [1.54, 1.807) is 0 Å². The zero-order valence-electron chi connectivity index (χ0n) is 17.3. The third-order valence-electron chi connectivity index (χ3n) is 5.29. The summed E-state index contributed by atoms with van der Waals surface area (Å²) >= 11 is 0. The van der Waals surface area contributed by atoms with E-state index >= 15 is 0 Å². The molecule has 0 aromatic heterocycles. The van der Waals surface area contributed by atoms with Crippen LogP contribution in [-0.2, 0) is 11.2 Å². The first-order valence-electron chi connectivity index (χ1n) is 10.9. The predicted octanol–water partition coefficient (Wildman–Crippen LogP) is 1.75. The fourth-order valence-corrected chi connectivity index (χ4v) is 3.43. The highest BCUT2D eigenvalue weighted by Gasteiger charge is 2.23. The number of benzene rings is 1. The first-order valence-corrected chi connectivity index (χ1v) is 10.9. The van der Waals surface area contributed by atoms with E-state index in [0.29, 0.717) is 24.4 Å². The highest BCUT2D eigenvalue weighted by Crippen LogP contribution is 2.19. The SMILES string of the molecule is CCNC(=NCCc1ccc(OCC(=O)NC2CC2)cc1)NC1CCC(O)CC1. The molecular weight excluding hydrogens is 368 g/mol. The Balaban J connectivity index is 1.40. The molecule has 2 fully saturated rings. The molecule has 29 heavy (non-hydrogen) atoms. The minimum atomic E-state index is -0.146. The highest BCUT2D eigenvalue weighted by molar-refractivity contribution is 5.80. The summed E-state index contributed by atoms with van der Waals surface area (Å²) in [5, 5.41) is 19.3. The number of guanidine groups is 1. The lowest BCUT2D eigenvalue weighted by molar-refractivity contribution is -0.123. The molecular formula is C22H34N4O3. The molecule has 7 heteroatoms. The summed E-state index contributed by atoms with van der Waals surface area (Å²) in [5.74, 6) is 1.50. The summed E-state index contributed by atoms with van der Waals surface area (Å²) in [6.07, 6.45) is 6.52. The van der Waals surface area contributed by atoms with E-state index in [2.05, 4.69) is 27.9 Å². The Morgan fingerprint density at radius 2 is 1.72 bits per heavy atom. The second kappa shape index (κ2) is 11.0. The number of ether oxygens (including phenoxy) is 1. The number of aliphatic imine (C=N–C) groups is 1. The number of nitrogens with one attached hydrogen (secondary N) is 3. The average Bonchev–Trinajstić information content (AvgIpc) is 3.53. The van der Waals surface area contributed by atoms with Crippen LogP contribution in [0.15, 0.2) is 29.3 Å². The molecule has 0 radical (unpaired) electrons. The van der Waals surface area contributed by atoms with Gasteiger partial charge in [-0.2, -0.15) is 0 Å². The second-order valence-corrected chi connectivity index (χ2v) is 7.93. The maximum atomic E-state index is 11.7. The molecule has 4 N–H and O–H groups in total. The van der Waals surface area contributed by atoms with Crippen LogP contribution in [0, 0.1) is 0 Å². The summed E-state index contributed by atoms with van der Waals surface area (Å²) in [6, 6.07) is 8.59. The third-order valence-corrected chi connectivity index (χ3v) is 5.29. The molecule has 0 saturated heterocycles. The molecule has 3 rings (SSSR count). The lowest BCUT2D eigenvalue weighted by Gasteiger charge is -2.27. The Labute approximate surface area is 173 Å². The van der Waals surface area contributed by atoms with Crippen molar-refractivity contribution in [3.63, 3.8) is 0 Å². The molecule has 0 heterocycles. The van der Waals surface area contributed by atoms with E-state index < -0.39 is 0 Å². The van der Waals surface area contributed by atoms with E-state index in [1.165, 1.54) is 5.56 Å². The van der Waals surface area contributed by atoms with Gasteiger partial charge in [0.15, 0.2) is 12.6 Å². The second-order valence-electron chi connectivity index (χ2n) is 7.93. The largest absolute Gasteiger partial charge is 0.484 e. The number of carbonyl (C=O) groups excluding carboxylic acids is 1. The standard InChI is InChI=1S/C22H34N4O3/c1-2-23-22(26-18-7-9-19(27)10-8-18)24-14-13-16-3-11-20(12-4-16)29-15-21(28)25-17-5-6-17/h3-4,11-12,17-19,27H,2,5-10,13-15H2,1H3,(H,25,28)(H2,23,24,26). The zero-order chi connectivity index (χ0) is 20.5. The summed E-state index contributed by atoms with van der Waals surface area (Å²) < 4.78 is 5.54. The van der Waals surface area contributed by atoms with Crippen LogP contribution >= 0.6 is 0 Å². The van der Waals surface area contributed by atoms with Crippen molar-refractivity contribution in [2.45, 2.75) is 70.1 Å². The van der Waals surface area contributed by atoms with Crippen LogP contribution in [0.5, 0.6) is 5.75 Å². The Morgan fingerprint density at radius 3 is 2.38 bits per heavy atom. The fourth-order valence-electron chi connectivity index (χ4n) is 3.43. The molecule has 2 saturated carbocycles. The van der Waals surface area contributed by atoms with E-state index in [-0.39, 0.29) is 18.6 Å². The van der Waals surface area contributed by atoms with Crippen LogP contribution in [0.2, 0.25) is 0 Å². The quantitative estimate of drug-likeness (QED) is 0.373. The van der Waals surface area contributed by atoms with Crippen molar-refractivity contribution >= 4 is 11.9 Å². The van der Waals surface area contributed by atoms with Gasteiger partial charge in [-0.25, -0.2) is 0 Å². The van der Waals surface area contributed by atoms with E-state index in [4.69, 9.17) is 4.74 Å². The minimum Gasteiger partial charge on any atom is -0.484 e. The number of aliphatic hydroxyl groups excluding tert-OH is 1. The van der Waals surface area contributed by atoms with Crippen LogP contribution in [0.1, 0.15) is 51.0 Å². The number of nitrogens with zero attached hydrogens (tertiary/aromatic N) is 1. The first-order chi connectivity index (χ1) is 14.1. The molecule has 0 unspecified atom stereocenters. The maximum absolute atomic E-state index is 11.7. The van der Waals surface area contributed by atoms with Crippen molar-refractivity contribution in [3.8, 4) is 5.75 Å². The highest BCUT2D eigenvalue weighted by atomic mass is 16.5. The fraction of sp³-hybridized carbons (Fsp3) is 0.636. The number of amides is 1. The van der Waals surface area contributed by atoms with Crippen LogP contribution in [0.3, 0.4) is 0 Å². The molecule has 1 aromatic carbocycles. The number of hydrogen-bond donors (Lipinski definition) is 4. The molecule has 7 nitrogen and oxygen atoms in total. The summed E-state index contributed by atoms with van der Waals surface area (Å²) in [5.41, 5.74) is 1.18. The molecule has 2 aliphatic carbocycles. The van der Waals surface area contributed by atoms with Gasteiger partial charge in [0, 0.05) is 25.2 Å². The molecule has 0 aliphatic heterocycles. The monoisotopic (exact) mass is 402 g/mol. The van der Waals surface area contributed by atoms with Gasteiger partial charge in [0.2, 0.25) is 0 Å². The Morgan fingerprint density at radius 1 is 1.07 bits per heavy atom. The van der Waals surface area contributed by atoms with Crippen molar-refractivity contribution in [1.29, 1.82) is 0 Å². The van der Waals surface area contributed by atoms with Crippen molar-refractivity contribution in [1.82, 2.24) is 16.0 Å². The smallest absolute Gasteiger partial charge is 0.258 e. The van der Waals surface area contributed by atoms with Gasteiger partial charge in [-0.15, -0.1) is 0 Å². The van der Waals surface area contributed by atoms with Crippen LogP contribution in [-0.4, -0.2) is 54.9 Å². The molecule has 1 amide bonds. The average molecular weight is 403 g/mol. The predicted molar refractivity (Wildman–Crippen MR) is 114 cm³/mol. The van der Waals surface area contributed by atoms with Gasteiger partial charge in [0.25, 0.3) is 5.91 Å². The molecule has 0 bridgehead atoms. The number of carbonyl (C=O) groups is 1. The maximum Gasteiger partial charge on any atom is 0.258 e. The molecule has 2 aliphatic rings.